The van der Waals surface area contributed by atoms with Crippen LogP contribution in [0.1, 0.15) is 19.4 Å². The molecular formula is C12H15F3O3. The van der Waals surface area contributed by atoms with Crippen molar-refractivity contribution in [2.75, 3.05) is 0 Å². The van der Waals surface area contributed by atoms with Crippen LogP contribution < -0.4 is 4.74 Å². The highest BCUT2D eigenvalue weighted by Crippen LogP contribution is 2.23. The molecule has 0 bridgehead atoms. The van der Waals surface area contributed by atoms with Gasteiger partial charge in [-0.2, -0.15) is 0 Å². The lowest BCUT2D eigenvalue weighted by atomic mass is 9.95. The Morgan fingerprint density at radius 1 is 1.17 bits per heavy atom. The van der Waals surface area contributed by atoms with Crippen molar-refractivity contribution < 1.29 is 28.1 Å². The van der Waals surface area contributed by atoms with Gasteiger partial charge in [-0.05, 0) is 31.5 Å². The number of alkyl halides is 3. The van der Waals surface area contributed by atoms with E-state index in [2.05, 4.69) is 4.74 Å². The zero-order valence-corrected chi connectivity index (χ0v) is 10.0. The lowest BCUT2D eigenvalue weighted by Gasteiger charge is -2.24. The number of ether oxygens (including phenoxy) is 1. The molecule has 0 heterocycles. The largest absolute Gasteiger partial charge is 0.573 e. The van der Waals surface area contributed by atoms with Gasteiger partial charge in [0.1, 0.15) is 5.75 Å². The highest BCUT2D eigenvalue weighted by molar-refractivity contribution is 5.28. The molecule has 1 unspecified atom stereocenters. The Labute approximate surface area is 103 Å². The summed E-state index contributed by atoms with van der Waals surface area (Å²) in [5, 5.41) is 19.2. The second-order valence-electron chi connectivity index (χ2n) is 4.57. The van der Waals surface area contributed by atoms with E-state index in [1.54, 1.807) is 0 Å². The second-order valence-corrected chi connectivity index (χ2v) is 4.57. The smallest absolute Gasteiger partial charge is 0.406 e. The first-order valence-electron chi connectivity index (χ1n) is 5.33. The Bertz CT molecular complexity index is 379. The van der Waals surface area contributed by atoms with E-state index in [-0.39, 0.29) is 12.2 Å². The number of benzene rings is 1. The molecule has 0 amide bonds. The van der Waals surface area contributed by atoms with Crippen molar-refractivity contribution in [3.8, 4) is 5.75 Å². The van der Waals surface area contributed by atoms with Crippen molar-refractivity contribution >= 4 is 0 Å². The fourth-order valence-corrected chi connectivity index (χ4v) is 1.30. The molecule has 0 aliphatic carbocycles. The topological polar surface area (TPSA) is 49.7 Å². The molecule has 3 nitrogen and oxygen atoms in total. The van der Waals surface area contributed by atoms with Gasteiger partial charge in [0.05, 0.1) is 11.7 Å². The molecule has 0 aliphatic rings. The Kier molecular flexibility index (Phi) is 4.24. The summed E-state index contributed by atoms with van der Waals surface area (Å²) in [7, 11) is 0. The van der Waals surface area contributed by atoms with Crippen LogP contribution in [0.15, 0.2) is 24.3 Å². The minimum atomic E-state index is -4.71. The van der Waals surface area contributed by atoms with Crippen LogP contribution in [0.5, 0.6) is 5.75 Å². The van der Waals surface area contributed by atoms with Crippen molar-refractivity contribution in [3.63, 3.8) is 0 Å². The van der Waals surface area contributed by atoms with Gasteiger partial charge in [-0.3, -0.25) is 0 Å². The SMILES string of the molecule is CC(C)(O)C(O)Cc1ccc(OC(F)(F)F)cc1. The minimum Gasteiger partial charge on any atom is -0.406 e. The summed E-state index contributed by atoms with van der Waals surface area (Å²) in [5.41, 5.74) is -0.652. The van der Waals surface area contributed by atoms with Gasteiger partial charge in [0, 0.05) is 6.42 Å². The van der Waals surface area contributed by atoms with Crippen LogP contribution in [-0.4, -0.2) is 28.3 Å². The predicted molar refractivity (Wildman–Crippen MR) is 59.1 cm³/mol. The van der Waals surface area contributed by atoms with Gasteiger partial charge in [-0.25, -0.2) is 0 Å². The molecule has 102 valence electrons. The molecule has 6 heteroatoms. The molecule has 0 saturated heterocycles. The van der Waals surface area contributed by atoms with Crippen LogP contribution in [0.4, 0.5) is 13.2 Å². The molecule has 0 spiro atoms. The Hall–Kier alpha value is -1.27. The Balaban J connectivity index is 2.66. The molecule has 1 aromatic rings. The van der Waals surface area contributed by atoms with Gasteiger partial charge in [0.2, 0.25) is 0 Å². The first kappa shape index (κ1) is 14.8. The van der Waals surface area contributed by atoms with Gasteiger partial charge in [-0.1, -0.05) is 12.1 Å². The average molecular weight is 264 g/mol. The first-order valence-corrected chi connectivity index (χ1v) is 5.33. The highest BCUT2D eigenvalue weighted by atomic mass is 19.4. The number of aliphatic hydroxyl groups excluding tert-OH is 1. The normalized spacial score (nSPS) is 14.4. The summed E-state index contributed by atoms with van der Waals surface area (Å²) in [4.78, 5) is 0. The lowest BCUT2D eigenvalue weighted by Crippen LogP contribution is -2.37. The summed E-state index contributed by atoms with van der Waals surface area (Å²) in [6, 6.07) is 5.16. The van der Waals surface area contributed by atoms with Crippen LogP contribution in [0.3, 0.4) is 0 Å². The van der Waals surface area contributed by atoms with E-state index in [0.29, 0.717) is 5.56 Å². The number of rotatable bonds is 4. The third kappa shape index (κ3) is 4.93. The lowest BCUT2D eigenvalue weighted by molar-refractivity contribution is -0.274. The minimum absolute atomic E-state index is 0.149. The van der Waals surface area contributed by atoms with Gasteiger partial charge < -0.3 is 14.9 Å². The Morgan fingerprint density at radius 3 is 2.06 bits per heavy atom. The van der Waals surface area contributed by atoms with Crippen molar-refractivity contribution in [3.05, 3.63) is 29.8 Å². The van der Waals surface area contributed by atoms with Crippen molar-refractivity contribution in [1.29, 1.82) is 0 Å². The van der Waals surface area contributed by atoms with E-state index in [4.69, 9.17) is 0 Å². The standard InChI is InChI=1S/C12H15F3O3/c1-11(2,17)10(16)7-8-3-5-9(6-4-8)18-12(13,14)15/h3-6,10,16-17H,7H2,1-2H3. The van der Waals surface area contributed by atoms with Gasteiger partial charge in [0.25, 0.3) is 0 Å². The second kappa shape index (κ2) is 5.16. The maximum atomic E-state index is 11.9. The van der Waals surface area contributed by atoms with Crippen molar-refractivity contribution in [2.24, 2.45) is 0 Å². The third-order valence-electron chi connectivity index (χ3n) is 2.40. The molecule has 0 aromatic heterocycles. The highest BCUT2D eigenvalue weighted by Gasteiger charge is 2.31. The number of halogens is 3. The number of hydrogen-bond acceptors (Lipinski definition) is 3. The van der Waals surface area contributed by atoms with Gasteiger partial charge in [-0.15, -0.1) is 13.2 Å². The number of hydrogen-bond donors (Lipinski definition) is 2. The molecule has 0 saturated carbocycles. The van der Waals surface area contributed by atoms with Crippen LogP contribution in [-0.2, 0) is 6.42 Å². The van der Waals surface area contributed by atoms with Crippen molar-refractivity contribution in [2.45, 2.75) is 38.3 Å². The molecule has 1 atom stereocenters. The zero-order chi connectivity index (χ0) is 14.0. The molecule has 18 heavy (non-hydrogen) atoms. The molecule has 1 rings (SSSR count). The van der Waals surface area contributed by atoms with E-state index in [1.807, 2.05) is 0 Å². The maximum Gasteiger partial charge on any atom is 0.573 e. The molecule has 1 aromatic carbocycles. The first-order chi connectivity index (χ1) is 8.08. The average Bonchev–Trinajstić information content (AvgIpc) is 2.17. The van der Waals surface area contributed by atoms with E-state index in [9.17, 15) is 23.4 Å². The zero-order valence-electron chi connectivity index (χ0n) is 10.0. The van der Waals surface area contributed by atoms with Crippen LogP contribution in [0.2, 0.25) is 0 Å². The molecule has 2 N–H and O–H groups in total. The quantitative estimate of drug-likeness (QED) is 0.877. The summed E-state index contributed by atoms with van der Waals surface area (Å²) in [5.74, 6) is -0.316. The molecule has 0 radical (unpaired) electrons. The van der Waals surface area contributed by atoms with Crippen LogP contribution in [0, 0.1) is 0 Å². The van der Waals surface area contributed by atoms with Crippen LogP contribution >= 0.6 is 0 Å². The molecule has 0 fully saturated rings. The van der Waals surface area contributed by atoms with Crippen LogP contribution in [0.25, 0.3) is 0 Å². The van der Waals surface area contributed by atoms with Gasteiger partial charge >= 0.3 is 6.36 Å². The third-order valence-corrected chi connectivity index (χ3v) is 2.40. The summed E-state index contributed by atoms with van der Waals surface area (Å²) >= 11 is 0. The number of aliphatic hydroxyl groups is 2. The Morgan fingerprint density at radius 2 is 1.67 bits per heavy atom. The van der Waals surface area contributed by atoms with Crippen molar-refractivity contribution in [1.82, 2.24) is 0 Å². The summed E-state index contributed by atoms with van der Waals surface area (Å²) in [6.45, 7) is 2.91. The summed E-state index contributed by atoms with van der Waals surface area (Å²) in [6.07, 6.45) is -5.56. The molecule has 0 aliphatic heterocycles. The van der Waals surface area contributed by atoms with E-state index in [1.165, 1.54) is 38.1 Å². The monoisotopic (exact) mass is 264 g/mol. The fraction of sp³-hybridized carbons (Fsp3) is 0.500. The summed E-state index contributed by atoms with van der Waals surface area (Å²) < 4.78 is 39.5. The fourth-order valence-electron chi connectivity index (χ4n) is 1.30. The predicted octanol–water partition coefficient (Wildman–Crippen LogP) is 2.26. The van der Waals surface area contributed by atoms with Gasteiger partial charge in [0.15, 0.2) is 0 Å². The molecular weight excluding hydrogens is 249 g/mol. The van der Waals surface area contributed by atoms with E-state index in [0.717, 1.165) is 0 Å². The van der Waals surface area contributed by atoms with E-state index < -0.39 is 18.1 Å². The maximum absolute atomic E-state index is 11.9. The van der Waals surface area contributed by atoms with E-state index >= 15 is 0 Å².